The van der Waals surface area contributed by atoms with Gasteiger partial charge in [-0.3, -0.25) is 0 Å². The number of carbonyl (C=O) groups excluding carboxylic acids is 1. The number of aromatic nitrogens is 1. The van der Waals surface area contributed by atoms with Gasteiger partial charge in [0.15, 0.2) is 5.76 Å². The molecule has 0 aliphatic rings. The smallest absolute Gasteiger partial charge is 0.337 e. The molecule has 0 aliphatic heterocycles. The van der Waals surface area contributed by atoms with Crippen LogP contribution in [0.15, 0.2) is 59.1 Å². The molecule has 1 aromatic heterocycles. The lowest BCUT2D eigenvalue weighted by molar-refractivity contribution is 0.0601. The number of nitrogens with zero attached hydrogens (tertiary/aromatic N) is 1. The first-order valence-corrected chi connectivity index (χ1v) is 6.59. The highest BCUT2D eigenvalue weighted by Crippen LogP contribution is 2.28. The molecule has 0 saturated heterocycles. The van der Waals surface area contributed by atoms with E-state index in [4.69, 9.17) is 4.52 Å². The Kier molecular flexibility index (Phi) is 3.70. The van der Waals surface area contributed by atoms with Gasteiger partial charge in [0.05, 0.1) is 18.2 Å². The van der Waals surface area contributed by atoms with Crippen molar-refractivity contribution in [2.75, 3.05) is 7.11 Å². The van der Waals surface area contributed by atoms with E-state index in [2.05, 4.69) is 9.89 Å². The Morgan fingerprint density at radius 1 is 1.14 bits per heavy atom. The van der Waals surface area contributed by atoms with Crippen molar-refractivity contribution in [2.24, 2.45) is 0 Å². The van der Waals surface area contributed by atoms with Crippen LogP contribution in [0.3, 0.4) is 0 Å². The molecule has 2 aromatic carbocycles. The van der Waals surface area contributed by atoms with Gasteiger partial charge in [-0.05, 0) is 24.3 Å². The minimum absolute atomic E-state index is 0.330. The third-order valence-corrected chi connectivity index (χ3v) is 3.23. The third kappa shape index (κ3) is 2.61. The van der Waals surface area contributed by atoms with Crippen molar-refractivity contribution >= 4 is 5.97 Å². The first kappa shape index (κ1) is 14.0. The normalized spacial score (nSPS) is 10.5. The monoisotopic (exact) mass is 297 g/mol. The van der Waals surface area contributed by atoms with E-state index in [9.17, 15) is 9.18 Å². The standard InChI is InChI=1S/C17H12FNO3/c1-21-17(20)12-6-4-5-11(9-12)15-10-16(22-19-15)13-7-2-3-8-14(13)18/h2-10H,1H3. The van der Waals surface area contributed by atoms with Crippen LogP contribution in [-0.4, -0.2) is 18.2 Å². The van der Waals surface area contributed by atoms with E-state index in [0.717, 1.165) is 0 Å². The van der Waals surface area contributed by atoms with Crippen LogP contribution in [0, 0.1) is 5.82 Å². The van der Waals surface area contributed by atoms with Crippen molar-refractivity contribution < 1.29 is 18.4 Å². The summed E-state index contributed by atoms with van der Waals surface area (Å²) in [5.41, 5.74) is 1.96. The number of methoxy groups -OCH3 is 1. The van der Waals surface area contributed by atoms with Crippen LogP contribution in [0.2, 0.25) is 0 Å². The lowest BCUT2D eigenvalue weighted by atomic mass is 10.1. The number of halogens is 1. The Bertz CT molecular complexity index is 826. The zero-order valence-electron chi connectivity index (χ0n) is 11.7. The molecule has 0 fully saturated rings. The molecule has 0 amide bonds. The quantitative estimate of drug-likeness (QED) is 0.687. The molecule has 110 valence electrons. The number of hydrogen-bond acceptors (Lipinski definition) is 4. The summed E-state index contributed by atoms with van der Waals surface area (Å²) >= 11 is 0. The Hall–Kier alpha value is -2.95. The van der Waals surface area contributed by atoms with Gasteiger partial charge < -0.3 is 9.26 Å². The fraction of sp³-hybridized carbons (Fsp3) is 0.0588. The summed E-state index contributed by atoms with van der Waals surface area (Å²) in [6.45, 7) is 0. The molecule has 0 N–H and O–H groups in total. The highest BCUT2D eigenvalue weighted by molar-refractivity contribution is 5.90. The van der Waals surface area contributed by atoms with Crippen molar-refractivity contribution in [1.29, 1.82) is 0 Å². The topological polar surface area (TPSA) is 52.3 Å². The number of hydrogen-bond donors (Lipinski definition) is 0. The van der Waals surface area contributed by atoms with Crippen LogP contribution in [0.25, 0.3) is 22.6 Å². The van der Waals surface area contributed by atoms with Crippen LogP contribution in [0.1, 0.15) is 10.4 Å². The van der Waals surface area contributed by atoms with E-state index in [1.807, 2.05) is 0 Å². The molecule has 4 nitrogen and oxygen atoms in total. The van der Waals surface area contributed by atoms with Crippen molar-refractivity contribution in [3.05, 3.63) is 66.0 Å². The summed E-state index contributed by atoms with van der Waals surface area (Å²) in [6.07, 6.45) is 0. The van der Waals surface area contributed by atoms with E-state index >= 15 is 0 Å². The van der Waals surface area contributed by atoms with Gasteiger partial charge in [0, 0.05) is 11.6 Å². The van der Waals surface area contributed by atoms with Crippen LogP contribution in [0.5, 0.6) is 0 Å². The maximum absolute atomic E-state index is 13.8. The van der Waals surface area contributed by atoms with E-state index in [1.165, 1.54) is 13.2 Å². The van der Waals surface area contributed by atoms with Gasteiger partial charge in [-0.1, -0.05) is 29.4 Å². The average Bonchev–Trinajstić information content (AvgIpc) is 3.04. The summed E-state index contributed by atoms with van der Waals surface area (Å²) in [5, 5.41) is 3.94. The van der Waals surface area contributed by atoms with Crippen molar-refractivity contribution in [3.8, 4) is 22.6 Å². The number of rotatable bonds is 3. The molecule has 3 aromatic rings. The molecule has 0 saturated carbocycles. The molecule has 0 spiro atoms. The fourth-order valence-electron chi connectivity index (χ4n) is 2.12. The lowest BCUT2D eigenvalue weighted by Gasteiger charge is -2.00. The second-order valence-electron chi connectivity index (χ2n) is 4.63. The molecule has 1 heterocycles. The van der Waals surface area contributed by atoms with Gasteiger partial charge in [0.1, 0.15) is 11.5 Å². The highest BCUT2D eigenvalue weighted by atomic mass is 19.1. The van der Waals surface area contributed by atoms with Crippen LogP contribution in [-0.2, 0) is 4.74 Å². The summed E-state index contributed by atoms with van der Waals surface area (Å²) in [5.74, 6) is -0.482. The first-order valence-electron chi connectivity index (χ1n) is 6.59. The van der Waals surface area contributed by atoms with E-state index in [-0.39, 0.29) is 5.82 Å². The van der Waals surface area contributed by atoms with Crippen LogP contribution < -0.4 is 0 Å². The second-order valence-corrected chi connectivity index (χ2v) is 4.63. The van der Waals surface area contributed by atoms with E-state index in [0.29, 0.717) is 28.1 Å². The van der Waals surface area contributed by atoms with Gasteiger partial charge in [0.2, 0.25) is 0 Å². The second kappa shape index (κ2) is 5.81. The van der Waals surface area contributed by atoms with Gasteiger partial charge in [0.25, 0.3) is 0 Å². The molecule has 0 radical (unpaired) electrons. The predicted octanol–water partition coefficient (Wildman–Crippen LogP) is 3.93. The first-order chi connectivity index (χ1) is 10.7. The molecule has 0 unspecified atom stereocenters. The minimum atomic E-state index is -0.431. The number of benzene rings is 2. The molecule has 22 heavy (non-hydrogen) atoms. The zero-order valence-corrected chi connectivity index (χ0v) is 11.7. The fourth-order valence-corrected chi connectivity index (χ4v) is 2.12. The molecular formula is C17H12FNO3. The Morgan fingerprint density at radius 2 is 1.95 bits per heavy atom. The molecule has 5 heteroatoms. The van der Waals surface area contributed by atoms with Crippen LogP contribution in [0.4, 0.5) is 4.39 Å². The van der Waals surface area contributed by atoms with Gasteiger partial charge in [-0.25, -0.2) is 9.18 Å². The summed E-state index contributed by atoms with van der Waals surface area (Å²) in [6, 6.07) is 14.7. The Balaban J connectivity index is 1.98. The SMILES string of the molecule is COC(=O)c1cccc(-c2cc(-c3ccccc3F)on2)c1. The molecule has 0 aliphatic carbocycles. The van der Waals surface area contributed by atoms with Gasteiger partial charge >= 0.3 is 5.97 Å². The lowest BCUT2D eigenvalue weighted by Crippen LogP contribution is -2.00. The molecule has 0 atom stereocenters. The maximum atomic E-state index is 13.8. The van der Waals surface area contributed by atoms with Crippen molar-refractivity contribution in [1.82, 2.24) is 5.16 Å². The number of esters is 1. The minimum Gasteiger partial charge on any atom is -0.465 e. The van der Waals surface area contributed by atoms with E-state index < -0.39 is 5.97 Å². The van der Waals surface area contributed by atoms with Crippen molar-refractivity contribution in [3.63, 3.8) is 0 Å². The van der Waals surface area contributed by atoms with Gasteiger partial charge in [-0.2, -0.15) is 0 Å². The number of ether oxygens (including phenoxy) is 1. The Labute approximate surface area is 126 Å². The zero-order chi connectivity index (χ0) is 15.5. The Morgan fingerprint density at radius 3 is 2.73 bits per heavy atom. The third-order valence-electron chi connectivity index (χ3n) is 3.23. The highest BCUT2D eigenvalue weighted by Gasteiger charge is 2.13. The van der Waals surface area contributed by atoms with E-state index in [1.54, 1.807) is 48.5 Å². The van der Waals surface area contributed by atoms with Crippen molar-refractivity contribution in [2.45, 2.75) is 0 Å². The number of carbonyl (C=O) groups is 1. The molecular weight excluding hydrogens is 285 g/mol. The molecule has 3 rings (SSSR count). The average molecular weight is 297 g/mol. The summed E-state index contributed by atoms with van der Waals surface area (Å²) < 4.78 is 23.6. The maximum Gasteiger partial charge on any atom is 0.337 e. The summed E-state index contributed by atoms with van der Waals surface area (Å²) in [7, 11) is 1.32. The molecule has 0 bridgehead atoms. The summed E-state index contributed by atoms with van der Waals surface area (Å²) in [4.78, 5) is 11.6. The van der Waals surface area contributed by atoms with Gasteiger partial charge in [-0.15, -0.1) is 0 Å². The predicted molar refractivity (Wildman–Crippen MR) is 78.7 cm³/mol. The van der Waals surface area contributed by atoms with Crippen LogP contribution >= 0.6 is 0 Å². The largest absolute Gasteiger partial charge is 0.465 e.